The van der Waals surface area contributed by atoms with Gasteiger partial charge in [-0.25, -0.2) is 0 Å². The van der Waals surface area contributed by atoms with Gasteiger partial charge in [-0.3, -0.25) is 20.3 Å². The molecule has 2 amide bonds. The van der Waals surface area contributed by atoms with Crippen molar-refractivity contribution in [3.8, 4) is 0 Å². The van der Waals surface area contributed by atoms with Crippen LogP contribution in [0.25, 0.3) is 0 Å². The molecule has 0 saturated carbocycles. The molecule has 1 saturated heterocycles. The number of nitrogens with two attached hydrogens (primary N) is 4. The first kappa shape index (κ1) is 26.2. The average Bonchev–Trinajstić information content (AvgIpc) is 3.28. The van der Waals surface area contributed by atoms with E-state index in [1.54, 1.807) is 6.92 Å². The van der Waals surface area contributed by atoms with Crippen molar-refractivity contribution in [2.45, 2.75) is 23.5 Å². The minimum absolute atomic E-state index is 0.0593. The van der Waals surface area contributed by atoms with E-state index in [1.807, 2.05) is 0 Å². The van der Waals surface area contributed by atoms with E-state index in [9.17, 15) is 19.5 Å². The molecule has 1 fully saturated rings. The summed E-state index contributed by atoms with van der Waals surface area (Å²) in [6.45, 7) is 1.84. The van der Waals surface area contributed by atoms with E-state index in [2.05, 4.69) is 24.8 Å². The predicted molar refractivity (Wildman–Crippen MR) is 134 cm³/mol. The number of carbonyl (C=O) groups excluding carboxylic acids is 3. The monoisotopic (exact) mass is 567 g/mol. The van der Waals surface area contributed by atoms with Gasteiger partial charge in [0.1, 0.15) is 18.0 Å². The summed E-state index contributed by atoms with van der Waals surface area (Å²) in [6, 6.07) is 0.360. The number of carboxylic acid groups (broad SMARTS) is 1. The van der Waals surface area contributed by atoms with Gasteiger partial charge in [-0.2, -0.15) is 9.36 Å². The molecule has 0 spiro atoms. The van der Waals surface area contributed by atoms with Gasteiger partial charge in [0, 0.05) is 23.0 Å². The van der Waals surface area contributed by atoms with Crippen molar-refractivity contribution in [3.63, 3.8) is 0 Å². The number of carboxylic acids is 1. The third-order valence-electron chi connectivity index (χ3n) is 5.06. The van der Waals surface area contributed by atoms with Crippen molar-refractivity contribution in [1.29, 1.82) is 0 Å². The summed E-state index contributed by atoms with van der Waals surface area (Å²) in [7, 11) is 0. The van der Waals surface area contributed by atoms with Crippen LogP contribution in [0.1, 0.15) is 12.7 Å². The van der Waals surface area contributed by atoms with Crippen LogP contribution >= 0.6 is 35.1 Å². The van der Waals surface area contributed by atoms with Crippen molar-refractivity contribution in [2.24, 2.45) is 5.16 Å². The molecule has 0 aromatic carbocycles. The van der Waals surface area contributed by atoms with Crippen LogP contribution < -0.4 is 38.1 Å². The Morgan fingerprint density at radius 3 is 2.78 bits per heavy atom. The zero-order valence-electron chi connectivity index (χ0n) is 19.1. The molecular weight excluding hydrogens is 546 g/mol. The number of hydrogen-bond donors (Lipinski definition) is 5. The van der Waals surface area contributed by atoms with E-state index >= 15 is 0 Å². The van der Waals surface area contributed by atoms with Crippen molar-refractivity contribution >= 4 is 75.3 Å². The molecule has 9 N–H and O–H groups in total. The molecule has 19 heteroatoms. The number of nitrogen functional groups attached to an aromatic ring is 4. The lowest BCUT2D eigenvalue weighted by atomic mass is 10.0. The van der Waals surface area contributed by atoms with Gasteiger partial charge < -0.3 is 37.3 Å². The van der Waals surface area contributed by atoms with E-state index in [0.717, 1.165) is 32.9 Å². The average molecular weight is 568 g/mol. The molecule has 2 aliphatic rings. The summed E-state index contributed by atoms with van der Waals surface area (Å²) in [6.07, 6.45) is 0. The molecule has 0 bridgehead atoms. The van der Waals surface area contributed by atoms with Gasteiger partial charge in [-0.15, -0.1) is 16.4 Å². The lowest BCUT2D eigenvalue weighted by Gasteiger charge is -2.50. The van der Waals surface area contributed by atoms with Crippen molar-refractivity contribution in [1.82, 2.24) is 24.6 Å². The molecule has 0 radical (unpaired) electrons. The minimum atomic E-state index is -1.53. The molecule has 1 unspecified atom stereocenters. The number of anilines is 3. The van der Waals surface area contributed by atoms with Crippen molar-refractivity contribution < 1.29 is 29.0 Å². The zero-order valence-corrected chi connectivity index (χ0v) is 21.6. The van der Waals surface area contributed by atoms with Gasteiger partial charge >= 0.3 is 5.16 Å². The van der Waals surface area contributed by atoms with Gasteiger partial charge in [0.25, 0.3) is 11.8 Å². The molecule has 2 atom stereocenters. The predicted octanol–water partition coefficient (Wildman–Crippen LogP) is -3.38. The largest absolute Gasteiger partial charge is 0.543 e. The highest BCUT2D eigenvalue weighted by Gasteiger charge is 2.53. The number of nitrogens with one attached hydrogen (secondary N) is 1. The summed E-state index contributed by atoms with van der Waals surface area (Å²) in [5.74, 6) is 3.56. The third kappa shape index (κ3) is 5.18. The number of nitrogens with zero attached hydrogens (tertiary/aromatic N) is 6. The Morgan fingerprint density at radius 2 is 2.14 bits per heavy atom. The van der Waals surface area contributed by atoms with E-state index in [4.69, 9.17) is 27.9 Å². The van der Waals surface area contributed by atoms with Gasteiger partial charge in [0.05, 0.1) is 17.7 Å². The Labute approximate surface area is 221 Å². The smallest absolute Gasteiger partial charge is 0.322 e. The fourth-order valence-electron chi connectivity index (χ4n) is 3.42. The first-order valence-corrected chi connectivity index (χ1v) is 13.3. The number of thioether (sulfide) groups is 2. The van der Waals surface area contributed by atoms with Crippen LogP contribution in [0.4, 0.5) is 16.8 Å². The maximum Gasteiger partial charge on any atom is 0.322 e. The summed E-state index contributed by atoms with van der Waals surface area (Å²) >= 11 is 3.23. The Bertz CT molecular complexity index is 1330. The van der Waals surface area contributed by atoms with Crippen LogP contribution in [0.15, 0.2) is 27.6 Å². The van der Waals surface area contributed by atoms with E-state index in [0.29, 0.717) is 5.57 Å². The highest BCUT2D eigenvalue weighted by atomic mass is 32.2. The molecule has 2 aromatic rings. The molecule has 2 aliphatic heterocycles. The normalized spacial score (nSPS) is 19.3. The Hall–Kier alpha value is -3.84. The molecule has 4 heterocycles. The SMILES string of the molecule is CCO/N=C(\C(=O)NC1C(=O)N2C(C(=O)[O-])=C(CSc3nc(N)cc(N)[n+]3N)CS[C@H]12)c1nsc(N)n1. The number of β-lactam (4-membered cyclic amide) rings is 1. The molecule has 4 rings (SSSR count). The second-order valence-electron chi connectivity index (χ2n) is 7.46. The lowest BCUT2D eigenvalue weighted by Crippen LogP contribution is -2.71. The number of rotatable bonds is 9. The van der Waals surface area contributed by atoms with E-state index in [1.165, 1.54) is 17.8 Å². The highest BCUT2D eigenvalue weighted by molar-refractivity contribution is 8.01. The van der Waals surface area contributed by atoms with Crippen LogP contribution in [0.3, 0.4) is 0 Å². The number of carbonyl (C=O) groups is 3. The molecule has 16 nitrogen and oxygen atoms in total. The molecular formula is C18H21N11O5S3. The number of amides is 2. The van der Waals surface area contributed by atoms with Gasteiger partial charge in [0.15, 0.2) is 5.13 Å². The maximum absolute atomic E-state index is 13.0. The van der Waals surface area contributed by atoms with Crippen LogP contribution in [-0.4, -0.2) is 72.3 Å². The third-order valence-corrected chi connectivity index (χ3v) is 7.98. The molecule has 37 heavy (non-hydrogen) atoms. The van der Waals surface area contributed by atoms with Crippen LogP contribution in [0.5, 0.6) is 0 Å². The van der Waals surface area contributed by atoms with Gasteiger partial charge in [-0.05, 0) is 24.3 Å². The van der Waals surface area contributed by atoms with Crippen molar-refractivity contribution in [2.75, 3.05) is 41.2 Å². The second kappa shape index (κ2) is 10.6. The Morgan fingerprint density at radius 1 is 1.38 bits per heavy atom. The topological polar surface area (TPSA) is 258 Å². The standard InChI is InChI=1S/C18H21N11O5S3/c1-2-34-26-9(12-25-17(21)37-27-12)13(30)24-10-14(31)28-11(16(32)33)6(4-35-15(10)28)5-36-18-23-7(19)3-8(20)29(18)22/h3,10,15H,2,4-5,22H2,1H3,(H7,19,20,21,24,25,27,30,32,33)/b26-9-/t10?,15-/m1/s1. The molecule has 196 valence electrons. The second-order valence-corrected chi connectivity index (χ2v) is 10.3. The minimum Gasteiger partial charge on any atom is -0.543 e. The van der Waals surface area contributed by atoms with Crippen LogP contribution in [0.2, 0.25) is 0 Å². The van der Waals surface area contributed by atoms with E-state index in [-0.39, 0.29) is 57.3 Å². The summed E-state index contributed by atoms with van der Waals surface area (Å²) in [5, 5.41) is 18.0. The number of aliphatic carboxylic acids is 1. The number of oxime groups is 1. The lowest BCUT2D eigenvalue weighted by molar-refractivity contribution is -0.667. The van der Waals surface area contributed by atoms with Gasteiger partial charge in [0.2, 0.25) is 23.2 Å². The number of aromatic nitrogens is 4. The van der Waals surface area contributed by atoms with Gasteiger partial charge in [-0.1, -0.05) is 10.1 Å². The fraction of sp³-hybridized carbons (Fsp3) is 0.333. The first-order chi connectivity index (χ1) is 17.6. The molecule has 0 aliphatic carbocycles. The van der Waals surface area contributed by atoms with Crippen LogP contribution in [0, 0.1) is 0 Å². The maximum atomic E-state index is 13.0. The first-order valence-electron chi connectivity index (χ1n) is 10.5. The van der Waals surface area contributed by atoms with Crippen LogP contribution in [-0.2, 0) is 19.2 Å². The highest BCUT2D eigenvalue weighted by Crippen LogP contribution is 2.41. The number of fused-ring (bicyclic) bond motifs is 1. The zero-order chi connectivity index (χ0) is 26.9. The quantitative estimate of drug-likeness (QED) is 0.0377. The summed E-state index contributed by atoms with van der Waals surface area (Å²) < 4.78 is 5.07. The summed E-state index contributed by atoms with van der Waals surface area (Å²) in [5.41, 5.74) is 17.0. The van der Waals surface area contributed by atoms with Crippen molar-refractivity contribution in [3.05, 3.63) is 23.2 Å². The van der Waals surface area contributed by atoms with E-state index < -0.39 is 29.2 Å². The number of hydrogen-bond acceptors (Lipinski definition) is 16. The fourth-order valence-corrected chi connectivity index (χ4v) is 6.28. The molecule has 2 aromatic heterocycles. The summed E-state index contributed by atoms with van der Waals surface area (Å²) in [4.78, 5) is 52.0. The Balaban J connectivity index is 1.51. The Kier molecular flexibility index (Phi) is 7.55.